The second-order valence-corrected chi connectivity index (χ2v) is 27.3. The van der Waals surface area contributed by atoms with Crippen molar-refractivity contribution in [2.75, 3.05) is 82.1 Å². The van der Waals surface area contributed by atoms with Gasteiger partial charge in [0.15, 0.2) is 0 Å². The second kappa shape index (κ2) is 38.7. The highest BCUT2D eigenvalue weighted by Crippen LogP contribution is 2.30. The van der Waals surface area contributed by atoms with Crippen molar-refractivity contribution in [2.45, 2.75) is 181 Å². The summed E-state index contributed by atoms with van der Waals surface area (Å²) in [6, 6.07) is 1.85. The highest BCUT2D eigenvalue weighted by molar-refractivity contribution is 6.30. The zero-order valence-electron chi connectivity index (χ0n) is 59.7. The van der Waals surface area contributed by atoms with Crippen molar-refractivity contribution in [3.8, 4) is 0 Å². The zero-order valence-corrected chi connectivity index (χ0v) is 60.5. The van der Waals surface area contributed by atoms with E-state index in [9.17, 15) is 65.9 Å². The fourth-order valence-corrected chi connectivity index (χ4v) is 10.9. The molecule has 1 aliphatic rings. The van der Waals surface area contributed by atoms with Gasteiger partial charge in [0.2, 0.25) is 65.0 Å². The quantitative estimate of drug-likeness (QED) is 0.0947. The van der Waals surface area contributed by atoms with Gasteiger partial charge in [-0.25, -0.2) is 4.79 Å². The Labute approximate surface area is 580 Å². The summed E-state index contributed by atoms with van der Waals surface area (Å²) in [5, 5.41) is 14.0. The monoisotopic (exact) mass is 1400 g/mol. The van der Waals surface area contributed by atoms with Gasteiger partial charge in [-0.15, -0.1) is 0 Å². The number of aryl methyl sites for hydroxylation is 1. The molecule has 0 spiro atoms. The van der Waals surface area contributed by atoms with E-state index in [-0.39, 0.29) is 82.8 Å². The Balaban J connectivity index is 2.27. The number of unbranched alkanes of at least 4 members (excludes halogenated alkanes) is 1. The van der Waals surface area contributed by atoms with Gasteiger partial charge >= 0.3 is 12.3 Å². The van der Waals surface area contributed by atoms with Crippen LogP contribution in [0.3, 0.4) is 0 Å². The minimum atomic E-state index is -4.66. The van der Waals surface area contributed by atoms with E-state index in [0.29, 0.717) is 22.6 Å². The van der Waals surface area contributed by atoms with Crippen molar-refractivity contribution >= 4 is 82.7 Å². The summed E-state index contributed by atoms with van der Waals surface area (Å²) >= 11 is 6.21. The first-order chi connectivity index (χ1) is 45.7. The van der Waals surface area contributed by atoms with E-state index in [1.807, 2.05) is 34.6 Å². The SMILES string of the molecule is C=CCOC(=O)NCCCC[C@H]1NC(=O)[C@H](CCc2ccc(C(F)(F)F)cc2)NC(=O)CN(C)C(=O)[C@H](Cc2ccc(Cl)cc2)N(C)C(=O)CN(C)C(=O)CN(C)C(=O)[C@H]([C@@H](C)CC)NC(=O)[C@H](CC(C)C)N(C)C(=O)C[C@@H](C)N(C)C(=O)[C@H](CC(C)C)NC(=O)C(C)(C)N(C)C1=O. The molecule has 1 aliphatic heterocycles. The molecule has 0 aromatic heterocycles. The predicted octanol–water partition coefficient (Wildman–Crippen LogP) is 5.21. The van der Waals surface area contributed by atoms with Crippen LogP contribution in [0.4, 0.5) is 18.0 Å². The molecule has 0 unspecified atom stereocenters. The molecular formula is C69H104ClF3N12O13. The van der Waals surface area contributed by atoms with E-state index in [1.165, 1.54) is 91.2 Å². The molecule has 546 valence electrons. The van der Waals surface area contributed by atoms with Gasteiger partial charge in [0, 0.05) is 79.8 Å². The van der Waals surface area contributed by atoms with Crippen LogP contribution in [0.5, 0.6) is 0 Å². The average Bonchev–Trinajstić information content (AvgIpc) is 0.829. The summed E-state index contributed by atoms with van der Waals surface area (Å²) < 4.78 is 46.0. The van der Waals surface area contributed by atoms with Gasteiger partial charge in [-0.2, -0.15) is 13.2 Å². The van der Waals surface area contributed by atoms with Crippen LogP contribution in [0.15, 0.2) is 61.2 Å². The maximum absolute atomic E-state index is 15.0. The van der Waals surface area contributed by atoms with E-state index >= 15 is 4.79 Å². The van der Waals surface area contributed by atoms with E-state index in [4.69, 9.17) is 16.3 Å². The molecule has 98 heavy (non-hydrogen) atoms. The van der Waals surface area contributed by atoms with Crippen molar-refractivity contribution < 1.29 is 75.4 Å². The Kier molecular flexibility index (Phi) is 33.2. The number of halogens is 4. The maximum atomic E-state index is 15.0. The van der Waals surface area contributed by atoms with Crippen LogP contribution in [0.25, 0.3) is 0 Å². The maximum Gasteiger partial charge on any atom is 0.416 e. The summed E-state index contributed by atoms with van der Waals surface area (Å²) in [6.07, 6.45) is -3.87. The highest BCUT2D eigenvalue weighted by atomic mass is 35.5. The normalized spacial score (nSPS) is 22.6. The first kappa shape index (κ1) is 83.9. The second-order valence-electron chi connectivity index (χ2n) is 26.8. The number of ether oxygens (including phenoxy) is 1. The standard InChI is InChI=1S/C69H104ClF3N12O13/c1-18-34-98-67(97)74-33-21-20-22-51-63(93)85(17)68(9,10)66(96)77-52(35-42(3)4)62(92)82(14)45(8)37-56(87)83(15)53(36-43(5)6)61(91)78-59(44(7)19-2)65(95)81(13)40-57(88)79(11)41-58(89)84(16)54(38-47-25-30-49(70)31-26-47)64(94)80(12)39-55(86)75-50(60(90)76-51)32-27-46-23-28-48(29-24-46)69(71,72)73/h18,23-26,28-31,42-45,50-54,59H,1,19-22,27,32-41H2,2-17H3,(H,74,97)(H,75,86)(H,76,90)(H,77,96)(H,78,91)/t44-,45+,50-,51+,52-,53-,54-,59-/m0/s1. The molecule has 25 nitrogen and oxygen atoms in total. The van der Waals surface area contributed by atoms with Crippen molar-refractivity contribution in [1.29, 1.82) is 0 Å². The topological polar surface area (TPSA) is 297 Å². The summed E-state index contributed by atoms with van der Waals surface area (Å²) in [5.74, 6) is -8.87. The third-order valence-corrected chi connectivity index (χ3v) is 18.0. The van der Waals surface area contributed by atoms with Crippen LogP contribution in [0, 0.1) is 17.8 Å². The number of alkyl halides is 3. The average molecular weight is 1400 g/mol. The van der Waals surface area contributed by atoms with Crippen LogP contribution in [-0.2, 0) is 76.5 Å². The molecule has 12 amide bonds. The lowest BCUT2D eigenvalue weighted by atomic mass is 9.95. The Morgan fingerprint density at radius 3 is 1.80 bits per heavy atom. The van der Waals surface area contributed by atoms with E-state index in [1.54, 1.807) is 38.1 Å². The number of nitrogens with one attached hydrogen (secondary N) is 5. The lowest BCUT2D eigenvalue weighted by Crippen LogP contribution is -2.63. The number of nitrogens with zero attached hydrogens (tertiary/aromatic N) is 7. The molecule has 2 aromatic rings. The van der Waals surface area contributed by atoms with Gasteiger partial charge < -0.3 is 65.6 Å². The molecule has 1 fully saturated rings. The Hall–Kier alpha value is -8.30. The van der Waals surface area contributed by atoms with Gasteiger partial charge in [-0.3, -0.25) is 52.7 Å². The third-order valence-electron chi connectivity index (χ3n) is 17.7. The first-order valence-electron chi connectivity index (χ1n) is 33.1. The van der Waals surface area contributed by atoms with Gasteiger partial charge in [0.25, 0.3) is 0 Å². The fraction of sp³-hybridized carbons (Fsp3) is 0.623. The smallest absolute Gasteiger partial charge is 0.416 e. The molecule has 0 radical (unpaired) electrons. The number of alkyl carbamates (subject to hydrolysis) is 1. The van der Waals surface area contributed by atoms with Crippen LogP contribution in [-0.4, -0.2) is 235 Å². The number of carbonyl (C=O) groups is 12. The summed E-state index contributed by atoms with van der Waals surface area (Å²) in [6.45, 7) is 17.0. The number of rotatable bonds is 18. The van der Waals surface area contributed by atoms with Gasteiger partial charge in [-0.1, -0.05) is 96.5 Å². The molecule has 1 saturated heterocycles. The minimum absolute atomic E-state index is 0.0622. The molecule has 0 saturated carbocycles. The number of benzene rings is 2. The number of hydrogen-bond acceptors (Lipinski definition) is 13. The summed E-state index contributed by atoms with van der Waals surface area (Å²) in [4.78, 5) is 180. The first-order valence-corrected chi connectivity index (χ1v) is 33.5. The lowest BCUT2D eigenvalue weighted by molar-refractivity contribution is -0.149. The van der Waals surface area contributed by atoms with Crippen LogP contribution < -0.4 is 26.6 Å². The van der Waals surface area contributed by atoms with Crippen molar-refractivity contribution in [3.05, 3.63) is 82.9 Å². The minimum Gasteiger partial charge on any atom is -0.445 e. The molecular weight excluding hydrogens is 1300 g/mol. The van der Waals surface area contributed by atoms with Crippen LogP contribution in [0.1, 0.15) is 130 Å². The van der Waals surface area contributed by atoms with E-state index in [0.717, 1.165) is 36.6 Å². The molecule has 5 N–H and O–H groups in total. The van der Waals surface area contributed by atoms with E-state index in [2.05, 4.69) is 33.2 Å². The molecule has 3 rings (SSSR count). The van der Waals surface area contributed by atoms with Gasteiger partial charge in [0.1, 0.15) is 48.4 Å². The number of carbonyl (C=O) groups excluding carboxylic acids is 12. The Morgan fingerprint density at radius 2 is 1.22 bits per heavy atom. The molecule has 1 heterocycles. The molecule has 0 bridgehead atoms. The lowest BCUT2D eigenvalue weighted by Gasteiger charge is -2.38. The van der Waals surface area contributed by atoms with Crippen LogP contribution in [0.2, 0.25) is 5.02 Å². The van der Waals surface area contributed by atoms with Gasteiger partial charge in [-0.05, 0) is 119 Å². The highest BCUT2D eigenvalue weighted by Gasteiger charge is 2.43. The summed E-state index contributed by atoms with van der Waals surface area (Å²) in [7, 11) is 9.53. The predicted molar refractivity (Wildman–Crippen MR) is 364 cm³/mol. The number of amides is 12. The van der Waals surface area contributed by atoms with Gasteiger partial charge in [0.05, 0.1) is 25.2 Å². The third kappa shape index (κ3) is 25.5. The molecule has 0 aliphatic carbocycles. The molecule has 29 heteroatoms. The fourth-order valence-electron chi connectivity index (χ4n) is 10.7. The van der Waals surface area contributed by atoms with Crippen molar-refractivity contribution in [2.24, 2.45) is 17.8 Å². The van der Waals surface area contributed by atoms with E-state index < -0.39 is 156 Å². The molecule has 2 aromatic carbocycles. The molecule has 8 atom stereocenters. The largest absolute Gasteiger partial charge is 0.445 e. The van der Waals surface area contributed by atoms with Crippen molar-refractivity contribution in [1.82, 2.24) is 60.9 Å². The number of likely N-dealkylation sites (N-methyl/N-ethyl adjacent to an activating group) is 7. The van der Waals surface area contributed by atoms with Crippen LogP contribution >= 0.6 is 11.6 Å². The Bertz CT molecular complexity index is 3100. The Morgan fingerprint density at radius 1 is 0.653 bits per heavy atom. The number of hydrogen-bond donors (Lipinski definition) is 5. The summed E-state index contributed by atoms with van der Waals surface area (Å²) in [5.41, 5.74) is -1.85. The van der Waals surface area contributed by atoms with Crippen molar-refractivity contribution in [3.63, 3.8) is 0 Å². The zero-order chi connectivity index (χ0) is 74.3.